The summed E-state index contributed by atoms with van der Waals surface area (Å²) in [5.74, 6) is -4.34. The van der Waals surface area contributed by atoms with Crippen LogP contribution in [0.2, 0.25) is 0 Å². The SMILES string of the molecule is CC(C)(O/N=C(\C(=O)N[C@@H]1C(=O)N2C(C(=O)O)=C(/C=C/c3ccc(C[n+]4cccc5cc(O)c(O)cc54)cc3)CS[C@H]12)c1csc(N)n1)C(=O)O. The van der Waals surface area contributed by atoms with Gasteiger partial charge in [-0.3, -0.25) is 14.5 Å². The number of nitrogens with zero attached hydrogens (tertiary/aromatic N) is 4. The van der Waals surface area contributed by atoms with Crippen molar-refractivity contribution in [2.45, 2.75) is 37.4 Å². The minimum Gasteiger partial charge on any atom is -0.504 e. The number of carbonyl (C=O) groups is 4. The van der Waals surface area contributed by atoms with Crippen molar-refractivity contribution in [3.8, 4) is 11.5 Å². The van der Waals surface area contributed by atoms with E-state index >= 15 is 0 Å². The number of carboxylic acid groups (broad SMARTS) is 2. The smallest absolute Gasteiger partial charge is 0.352 e. The number of amides is 2. The zero-order valence-electron chi connectivity index (χ0n) is 27.0. The van der Waals surface area contributed by atoms with E-state index in [0.29, 0.717) is 12.1 Å². The van der Waals surface area contributed by atoms with Crippen LogP contribution in [0.15, 0.2) is 82.6 Å². The van der Waals surface area contributed by atoms with Gasteiger partial charge in [0.25, 0.3) is 11.8 Å². The van der Waals surface area contributed by atoms with E-state index in [0.717, 1.165) is 38.3 Å². The molecule has 0 unspecified atom stereocenters. The predicted octanol–water partition coefficient (Wildman–Crippen LogP) is 2.66. The summed E-state index contributed by atoms with van der Waals surface area (Å²) in [6.45, 7) is 2.97. The van der Waals surface area contributed by atoms with Crippen LogP contribution in [0.1, 0.15) is 30.7 Å². The first-order valence-corrected chi connectivity index (χ1v) is 17.2. The number of carboxylic acids is 2. The van der Waals surface area contributed by atoms with Crippen molar-refractivity contribution in [2.75, 3.05) is 11.5 Å². The van der Waals surface area contributed by atoms with Crippen LogP contribution in [0.4, 0.5) is 5.13 Å². The van der Waals surface area contributed by atoms with Gasteiger partial charge < -0.3 is 36.3 Å². The number of thioether (sulfide) groups is 1. The first-order chi connectivity index (χ1) is 24.2. The van der Waals surface area contributed by atoms with E-state index < -0.39 is 46.5 Å². The van der Waals surface area contributed by atoms with Gasteiger partial charge in [-0.05, 0) is 37.1 Å². The Bertz CT molecular complexity index is 2180. The van der Waals surface area contributed by atoms with E-state index in [-0.39, 0.29) is 33.8 Å². The van der Waals surface area contributed by atoms with Crippen molar-refractivity contribution >= 4 is 74.7 Å². The summed E-state index contributed by atoms with van der Waals surface area (Å²) in [5, 5.41) is 47.2. The number of β-lactam (4-membered cyclic amide) rings is 1. The molecule has 6 rings (SSSR count). The van der Waals surface area contributed by atoms with Crippen LogP contribution >= 0.6 is 23.1 Å². The standard InChI is InChI=1S/C34H30N6O9S2/c1-34(2,32(47)48)49-38-25(21-16-51-33(35)36-21)28(43)37-26-29(44)40-27(31(45)46)20(15-50-30(26)40)10-9-17-5-7-18(8-6-17)14-39-11-3-4-19-12-23(41)24(42)13-22(19)39/h3-13,16,26,30H,14-15H2,1-2H3,(H6,35,36,37,41,43,45,46,47,48)/p+1/b10-9+,38-25-/t26-,30-/m1/s1. The van der Waals surface area contributed by atoms with Crippen molar-refractivity contribution < 1.29 is 49.0 Å². The number of allylic oxidation sites excluding steroid dienone is 1. The lowest BCUT2D eigenvalue weighted by molar-refractivity contribution is -0.662. The Hall–Kier alpha value is -5.94. The van der Waals surface area contributed by atoms with Gasteiger partial charge in [-0.25, -0.2) is 14.6 Å². The molecule has 15 nitrogen and oxygen atoms in total. The number of carbonyl (C=O) groups excluding carboxylic acids is 2. The Morgan fingerprint density at radius 1 is 1.14 bits per heavy atom. The second-order valence-electron chi connectivity index (χ2n) is 12.1. The van der Waals surface area contributed by atoms with Gasteiger partial charge in [-0.1, -0.05) is 41.6 Å². The fraction of sp³-hybridized carbons (Fsp3) is 0.206. The monoisotopic (exact) mass is 731 g/mol. The minimum atomic E-state index is -1.78. The largest absolute Gasteiger partial charge is 0.504 e. The molecule has 0 bridgehead atoms. The number of pyridine rings is 1. The number of hydrogen-bond acceptors (Lipinski definition) is 12. The highest BCUT2D eigenvalue weighted by Crippen LogP contribution is 2.41. The molecule has 17 heteroatoms. The summed E-state index contributed by atoms with van der Waals surface area (Å²) >= 11 is 2.29. The molecule has 0 radical (unpaired) electrons. The Balaban J connectivity index is 1.16. The van der Waals surface area contributed by atoms with Crippen LogP contribution < -0.4 is 15.6 Å². The molecule has 2 aliphatic rings. The van der Waals surface area contributed by atoms with Crippen molar-refractivity contribution in [1.82, 2.24) is 15.2 Å². The number of aliphatic carboxylic acids is 2. The molecular weight excluding hydrogens is 701 g/mol. The van der Waals surface area contributed by atoms with Crippen molar-refractivity contribution in [3.63, 3.8) is 0 Å². The molecule has 2 aromatic carbocycles. The fourth-order valence-corrected chi connectivity index (χ4v) is 7.21. The van der Waals surface area contributed by atoms with Crippen LogP contribution in [0.25, 0.3) is 17.0 Å². The number of aromatic hydroxyl groups is 2. The Labute approximate surface area is 298 Å². The van der Waals surface area contributed by atoms with E-state index in [1.54, 1.807) is 12.2 Å². The van der Waals surface area contributed by atoms with E-state index in [1.165, 1.54) is 43.1 Å². The number of thiazole rings is 1. The second-order valence-corrected chi connectivity index (χ2v) is 14.1. The minimum absolute atomic E-state index is 0.0106. The maximum Gasteiger partial charge on any atom is 0.352 e. The number of oxime groups is 1. The lowest BCUT2D eigenvalue weighted by atomic mass is 10.0. The van der Waals surface area contributed by atoms with Crippen LogP contribution in [-0.4, -0.2) is 82.5 Å². The molecule has 4 aromatic rings. The van der Waals surface area contributed by atoms with Gasteiger partial charge in [-0.15, -0.1) is 23.1 Å². The van der Waals surface area contributed by atoms with E-state index in [4.69, 9.17) is 10.6 Å². The molecule has 7 N–H and O–H groups in total. The molecule has 0 aliphatic carbocycles. The number of nitrogens with one attached hydrogen (secondary N) is 1. The maximum atomic E-state index is 13.3. The summed E-state index contributed by atoms with van der Waals surface area (Å²) in [6, 6.07) is 13.2. The zero-order valence-corrected chi connectivity index (χ0v) is 28.6. The second kappa shape index (κ2) is 13.8. The highest BCUT2D eigenvalue weighted by Gasteiger charge is 2.54. The maximum absolute atomic E-state index is 13.3. The molecule has 0 spiro atoms. The third-order valence-corrected chi connectivity index (χ3v) is 10.1. The number of phenolic OH excluding ortho intramolecular Hbond substituents is 2. The van der Waals surface area contributed by atoms with Gasteiger partial charge in [0.15, 0.2) is 35.1 Å². The third kappa shape index (κ3) is 7.06. The number of anilines is 1. The number of nitrogens with two attached hydrogens (primary N) is 1. The summed E-state index contributed by atoms with van der Waals surface area (Å²) < 4.78 is 1.94. The summed E-state index contributed by atoms with van der Waals surface area (Å²) in [4.78, 5) is 60.8. The van der Waals surface area contributed by atoms with E-state index in [1.807, 2.05) is 47.2 Å². The average Bonchev–Trinajstić information content (AvgIpc) is 3.52. The predicted molar refractivity (Wildman–Crippen MR) is 188 cm³/mol. The van der Waals surface area contributed by atoms with E-state index in [9.17, 15) is 39.6 Å². The van der Waals surface area contributed by atoms with Crippen LogP contribution in [0.3, 0.4) is 0 Å². The summed E-state index contributed by atoms with van der Waals surface area (Å²) in [7, 11) is 0. The number of benzene rings is 2. The van der Waals surface area contributed by atoms with Gasteiger partial charge in [0, 0.05) is 22.8 Å². The molecule has 1 fully saturated rings. The normalized spacial score (nSPS) is 17.7. The van der Waals surface area contributed by atoms with Gasteiger partial charge >= 0.3 is 11.9 Å². The lowest BCUT2D eigenvalue weighted by Gasteiger charge is -2.49. The molecule has 2 aliphatic heterocycles. The molecule has 0 saturated carbocycles. The molecule has 4 heterocycles. The lowest BCUT2D eigenvalue weighted by Crippen LogP contribution is -2.71. The zero-order chi connectivity index (χ0) is 36.6. The fourth-order valence-electron chi connectivity index (χ4n) is 5.34. The summed E-state index contributed by atoms with van der Waals surface area (Å²) in [5.41, 5.74) is 6.24. The van der Waals surface area contributed by atoms with Gasteiger partial charge in [0.1, 0.15) is 22.8 Å². The summed E-state index contributed by atoms with van der Waals surface area (Å²) in [6.07, 6.45) is 5.27. The van der Waals surface area contributed by atoms with Crippen molar-refractivity contribution in [3.05, 3.63) is 94.3 Å². The van der Waals surface area contributed by atoms with Crippen LogP contribution in [0, 0.1) is 0 Å². The molecular formula is C34H31N6O9S2+. The molecule has 2 aromatic heterocycles. The highest BCUT2D eigenvalue weighted by atomic mass is 32.2. The molecule has 1 saturated heterocycles. The number of rotatable bonds is 11. The Kier molecular flexibility index (Phi) is 9.42. The number of aromatic nitrogens is 2. The van der Waals surface area contributed by atoms with E-state index in [2.05, 4.69) is 15.5 Å². The number of phenols is 2. The number of nitrogen functional groups attached to an aromatic ring is 1. The molecule has 2 amide bonds. The van der Waals surface area contributed by atoms with Crippen LogP contribution in [-0.2, 0) is 30.6 Å². The number of fused-ring (bicyclic) bond motifs is 2. The molecule has 262 valence electrons. The first kappa shape index (κ1) is 34.9. The Morgan fingerprint density at radius 3 is 2.53 bits per heavy atom. The number of hydrogen-bond donors (Lipinski definition) is 6. The highest BCUT2D eigenvalue weighted by molar-refractivity contribution is 8.00. The van der Waals surface area contributed by atoms with Crippen molar-refractivity contribution in [2.24, 2.45) is 5.16 Å². The molecule has 2 atom stereocenters. The van der Waals surface area contributed by atoms with Crippen LogP contribution in [0.5, 0.6) is 11.5 Å². The van der Waals surface area contributed by atoms with Gasteiger partial charge in [0.2, 0.25) is 11.1 Å². The topological polar surface area (TPSA) is 229 Å². The molecule has 51 heavy (non-hydrogen) atoms. The van der Waals surface area contributed by atoms with Gasteiger partial charge in [0.05, 0.1) is 11.5 Å². The van der Waals surface area contributed by atoms with Crippen molar-refractivity contribution in [1.29, 1.82) is 0 Å². The Morgan fingerprint density at radius 2 is 1.86 bits per heavy atom. The quantitative estimate of drug-likeness (QED) is 0.0430. The van der Waals surface area contributed by atoms with Gasteiger partial charge in [-0.2, -0.15) is 4.57 Å². The average molecular weight is 732 g/mol. The first-order valence-electron chi connectivity index (χ1n) is 15.3. The third-order valence-electron chi connectivity index (χ3n) is 8.13.